The van der Waals surface area contributed by atoms with Crippen LogP contribution >= 0.6 is 0 Å². The average Bonchev–Trinajstić information content (AvgIpc) is 2.51. The van der Waals surface area contributed by atoms with Gasteiger partial charge in [-0.1, -0.05) is 24.3 Å². The molecule has 2 aliphatic rings. The van der Waals surface area contributed by atoms with E-state index in [0.29, 0.717) is 0 Å². The maximum Gasteiger partial charge on any atom is 0.0385 e. The van der Waals surface area contributed by atoms with Crippen LogP contribution < -0.4 is 10.6 Å². The molecule has 0 amide bonds. The Kier molecular flexibility index (Phi) is 4.02. The van der Waals surface area contributed by atoms with E-state index < -0.39 is 0 Å². The van der Waals surface area contributed by atoms with Crippen molar-refractivity contribution in [3.63, 3.8) is 0 Å². The normalized spacial score (nSPS) is 17.4. The molecule has 0 saturated carbocycles. The molecule has 0 fully saturated rings. The lowest BCUT2D eigenvalue weighted by Crippen LogP contribution is -2.02. The minimum atomic E-state index is 1.09. The lowest BCUT2D eigenvalue weighted by atomic mass is 10.1. The first-order valence-electron chi connectivity index (χ1n) is 7.27. The van der Waals surface area contributed by atoms with Gasteiger partial charge in [0.1, 0.15) is 0 Å². The monoisotopic (exact) mass is 264 g/mol. The molecule has 1 aromatic carbocycles. The van der Waals surface area contributed by atoms with Crippen molar-refractivity contribution >= 4 is 11.4 Å². The molecule has 2 heteroatoms. The molecule has 20 heavy (non-hydrogen) atoms. The number of rotatable bonds is 4. The molecule has 0 aromatic heterocycles. The standard InChI is InChI=1S/C18H20N2/c1-3-7-15(8-4-1)19-17-11-13-18(14-12-17)20-16-9-5-2-6-10-16/h1,3,5,7,9-14,19-20H,2,4,6,8H2. The van der Waals surface area contributed by atoms with Gasteiger partial charge in [0, 0.05) is 22.8 Å². The van der Waals surface area contributed by atoms with Crippen molar-refractivity contribution in [2.75, 3.05) is 10.6 Å². The van der Waals surface area contributed by atoms with Crippen LogP contribution in [0.4, 0.5) is 11.4 Å². The quantitative estimate of drug-likeness (QED) is 0.801. The van der Waals surface area contributed by atoms with Gasteiger partial charge in [-0.05, 0) is 62.1 Å². The minimum Gasteiger partial charge on any atom is -0.359 e. The van der Waals surface area contributed by atoms with Gasteiger partial charge < -0.3 is 10.6 Å². The third-order valence-electron chi connectivity index (χ3n) is 3.49. The summed E-state index contributed by atoms with van der Waals surface area (Å²) in [7, 11) is 0. The number of anilines is 2. The Morgan fingerprint density at radius 2 is 1.60 bits per heavy atom. The van der Waals surface area contributed by atoms with Crippen LogP contribution in [0.2, 0.25) is 0 Å². The highest BCUT2D eigenvalue weighted by Gasteiger charge is 2.01. The number of allylic oxidation sites excluding steroid dienone is 7. The number of hydrogen-bond donors (Lipinski definition) is 2. The van der Waals surface area contributed by atoms with Crippen molar-refractivity contribution < 1.29 is 0 Å². The first-order valence-corrected chi connectivity index (χ1v) is 7.27. The Morgan fingerprint density at radius 3 is 2.25 bits per heavy atom. The summed E-state index contributed by atoms with van der Waals surface area (Å²) in [5, 5.41) is 6.90. The first-order chi connectivity index (χ1) is 9.90. The summed E-state index contributed by atoms with van der Waals surface area (Å²) in [6, 6.07) is 8.47. The van der Waals surface area contributed by atoms with Gasteiger partial charge in [-0.15, -0.1) is 0 Å². The fraction of sp³-hybridized carbons (Fsp3) is 0.222. The molecule has 0 atom stereocenters. The molecule has 0 spiro atoms. The number of hydrogen-bond acceptors (Lipinski definition) is 2. The molecular weight excluding hydrogens is 244 g/mol. The second kappa shape index (κ2) is 6.29. The Morgan fingerprint density at radius 1 is 0.800 bits per heavy atom. The van der Waals surface area contributed by atoms with Crippen molar-refractivity contribution in [3.05, 3.63) is 72.1 Å². The molecule has 2 N–H and O–H groups in total. The summed E-state index contributed by atoms with van der Waals surface area (Å²) in [5.41, 5.74) is 4.75. The van der Waals surface area contributed by atoms with Gasteiger partial charge in [0.15, 0.2) is 0 Å². The Balaban J connectivity index is 1.62. The fourth-order valence-corrected chi connectivity index (χ4v) is 2.40. The first kappa shape index (κ1) is 12.8. The van der Waals surface area contributed by atoms with E-state index in [1.807, 2.05) is 0 Å². The topological polar surface area (TPSA) is 24.1 Å². The van der Waals surface area contributed by atoms with Crippen molar-refractivity contribution in [1.82, 2.24) is 0 Å². The summed E-state index contributed by atoms with van der Waals surface area (Å²) >= 11 is 0. The lowest BCUT2D eigenvalue weighted by molar-refractivity contribution is 0.967. The lowest BCUT2D eigenvalue weighted by Gasteiger charge is -2.14. The molecule has 2 aliphatic carbocycles. The summed E-state index contributed by atoms with van der Waals surface area (Å²) in [5.74, 6) is 0. The second-order valence-electron chi connectivity index (χ2n) is 5.13. The zero-order valence-corrected chi connectivity index (χ0v) is 11.6. The number of nitrogens with one attached hydrogen (secondary N) is 2. The highest BCUT2D eigenvalue weighted by Crippen LogP contribution is 2.20. The zero-order valence-electron chi connectivity index (χ0n) is 11.6. The SMILES string of the molecule is C1=CCCC(Nc2ccc(NC3=CCCC=C3)cc2)=C1. The predicted molar refractivity (Wildman–Crippen MR) is 86.6 cm³/mol. The van der Waals surface area contributed by atoms with Crippen LogP contribution in [0.3, 0.4) is 0 Å². The van der Waals surface area contributed by atoms with Crippen molar-refractivity contribution in [1.29, 1.82) is 0 Å². The van der Waals surface area contributed by atoms with Crippen LogP contribution in [-0.2, 0) is 0 Å². The molecule has 0 heterocycles. The molecule has 3 rings (SSSR count). The molecule has 0 aliphatic heterocycles. The summed E-state index contributed by atoms with van der Waals surface area (Å²) in [4.78, 5) is 0. The van der Waals surface area contributed by atoms with Crippen molar-refractivity contribution in [2.24, 2.45) is 0 Å². The predicted octanol–water partition coefficient (Wildman–Crippen LogP) is 4.98. The van der Waals surface area contributed by atoms with E-state index in [9.17, 15) is 0 Å². The van der Waals surface area contributed by atoms with Gasteiger partial charge in [0.25, 0.3) is 0 Å². The van der Waals surface area contributed by atoms with Crippen LogP contribution in [0.5, 0.6) is 0 Å². The van der Waals surface area contributed by atoms with Crippen molar-refractivity contribution in [3.8, 4) is 0 Å². The van der Waals surface area contributed by atoms with Crippen LogP contribution in [-0.4, -0.2) is 0 Å². The van der Waals surface area contributed by atoms with E-state index >= 15 is 0 Å². The molecule has 0 bridgehead atoms. The minimum absolute atomic E-state index is 1.09. The third-order valence-corrected chi connectivity index (χ3v) is 3.49. The van der Waals surface area contributed by atoms with E-state index in [-0.39, 0.29) is 0 Å². The molecule has 0 unspecified atom stereocenters. The van der Waals surface area contributed by atoms with Gasteiger partial charge in [-0.2, -0.15) is 0 Å². The summed E-state index contributed by atoms with van der Waals surface area (Å²) in [6.45, 7) is 0. The van der Waals surface area contributed by atoms with Crippen LogP contribution in [0.1, 0.15) is 25.7 Å². The summed E-state index contributed by atoms with van der Waals surface area (Å²) < 4.78 is 0. The largest absolute Gasteiger partial charge is 0.359 e. The average molecular weight is 264 g/mol. The molecular formula is C18H20N2. The van der Waals surface area contributed by atoms with E-state index in [1.165, 1.54) is 11.4 Å². The van der Waals surface area contributed by atoms with E-state index in [4.69, 9.17) is 0 Å². The molecule has 1 aromatic rings. The fourth-order valence-electron chi connectivity index (χ4n) is 2.40. The maximum atomic E-state index is 3.47. The maximum absolute atomic E-state index is 3.47. The van der Waals surface area contributed by atoms with Gasteiger partial charge in [-0.25, -0.2) is 0 Å². The van der Waals surface area contributed by atoms with Crippen LogP contribution in [0, 0.1) is 0 Å². The summed E-state index contributed by atoms with van der Waals surface area (Å²) in [6.07, 6.45) is 17.5. The van der Waals surface area contributed by atoms with Gasteiger partial charge in [0.2, 0.25) is 0 Å². The highest BCUT2D eigenvalue weighted by atomic mass is 14.9. The molecule has 0 saturated heterocycles. The Hall–Kier alpha value is -2.22. The van der Waals surface area contributed by atoms with E-state index in [0.717, 1.165) is 37.1 Å². The zero-order chi connectivity index (χ0) is 13.6. The van der Waals surface area contributed by atoms with Crippen LogP contribution in [0.25, 0.3) is 0 Å². The third kappa shape index (κ3) is 3.41. The molecule has 0 radical (unpaired) electrons. The molecule has 102 valence electrons. The Labute approximate surface area is 120 Å². The molecule has 2 nitrogen and oxygen atoms in total. The van der Waals surface area contributed by atoms with Crippen molar-refractivity contribution in [2.45, 2.75) is 25.7 Å². The van der Waals surface area contributed by atoms with E-state index in [1.54, 1.807) is 0 Å². The number of benzene rings is 1. The van der Waals surface area contributed by atoms with Crippen LogP contribution in [0.15, 0.2) is 72.1 Å². The highest BCUT2D eigenvalue weighted by molar-refractivity contribution is 5.59. The van der Waals surface area contributed by atoms with E-state index in [2.05, 4.69) is 71.4 Å². The van der Waals surface area contributed by atoms with Gasteiger partial charge in [-0.3, -0.25) is 0 Å². The Bertz CT molecular complexity index is 574. The van der Waals surface area contributed by atoms with Gasteiger partial charge in [0.05, 0.1) is 0 Å². The second-order valence-corrected chi connectivity index (χ2v) is 5.13. The van der Waals surface area contributed by atoms with Gasteiger partial charge >= 0.3 is 0 Å². The smallest absolute Gasteiger partial charge is 0.0385 e.